The molecule has 1 rings (SSSR count). The minimum atomic E-state index is -0.550. The second kappa shape index (κ2) is 9.72. The molecule has 0 aromatic rings. The van der Waals surface area contributed by atoms with Crippen molar-refractivity contribution in [3.8, 4) is 0 Å². The number of ether oxygens (including phenoxy) is 1. The Morgan fingerprint density at radius 2 is 2.20 bits per heavy atom. The largest absolute Gasteiger partial charge is 0.396 e. The molecule has 0 spiro atoms. The van der Waals surface area contributed by atoms with Gasteiger partial charge in [-0.2, -0.15) is 0 Å². The SMILES string of the molecule is CCOCCCNC(=O)C(=O)N1CCCCC1CCO. The standard InChI is InChI=1S/C14H26N2O4/c1-2-20-11-5-8-15-13(18)14(19)16-9-4-3-6-12(16)7-10-17/h12,17H,2-11H2,1H3,(H,15,18). The number of hydrogen-bond acceptors (Lipinski definition) is 4. The highest BCUT2D eigenvalue weighted by Crippen LogP contribution is 2.19. The molecule has 6 nitrogen and oxygen atoms in total. The zero-order valence-corrected chi connectivity index (χ0v) is 12.3. The highest BCUT2D eigenvalue weighted by Gasteiger charge is 2.29. The maximum absolute atomic E-state index is 12.1. The molecule has 1 heterocycles. The van der Waals surface area contributed by atoms with Crippen molar-refractivity contribution in [2.75, 3.05) is 32.9 Å². The van der Waals surface area contributed by atoms with Gasteiger partial charge in [0.1, 0.15) is 0 Å². The normalized spacial score (nSPS) is 18.9. The number of carbonyl (C=O) groups excluding carboxylic acids is 2. The number of nitrogens with zero attached hydrogens (tertiary/aromatic N) is 1. The summed E-state index contributed by atoms with van der Waals surface area (Å²) < 4.78 is 5.17. The summed E-state index contributed by atoms with van der Waals surface area (Å²) in [7, 11) is 0. The Morgan fingerprint density at radius 3 is 2.90 bits per heavy atom. The van der Waals surface area contributed by atoms with Crippen molar-refractivity contribution in [2.24, 2.45) is 0 Å². The molecule has 1 atom stereocenters. The maximum atomic E-state index is 12.1. The van der Waals surface area contributed by atoms with E-state index in [2.05, 4.69) is 5.32 Å². The Kier molecular flexibility index (Phi) is 8.22. The van der Waals surface area contributed by atoms with Crippen molar-refractivity contribution in [2.45, 2.75) is 45.1 Å². The second-order valence-electron chi connectivity index (χ2n) is 4.97. The molecule has 0 aliphatic carbocycles. The molecule has 0 bridgehead atoms. The number of amides is 2. The van der Waals surface area contributed by atoms with Crippen LogP contribution in [0.15, 0.2) is 0 Å². The minimum Gasteiger partial charge on any atom is -0.396 e. The van der Waals surface area contributed by atoms with Crippen molar-refractivity contribution in [1.29, 1.82) is 0 Å². The number of aliphatic hydroxyl groups excluding tert-OH is 1. The van der Waals surface area contributed by atoms with Crippen LogP contribution < -0.4 is 5.32 Å². The number of aliphatic hydroxyl groups is 1. The van der Waals surface area contributed by atoms with Gasteiger partial charge < -0.3 is 20.1 Å². The van der Waals surface area contributed by atoms with E-state index in [0.29, 0.717) is 39.1 Å². The molecule has 20 heavy (non-hydrogen) atoms. The summed E-state index contributed by atoms with van der Waals surface area (Å²) in [6.45, 7) is 4.26. The van der Waals surface area contributed by atoms with Crippen LogP contribution in [-0.2, 0) is 14.3 Å². The summed E-state index contributed by atoms with van der Waals surface area (Å²) in [5.74, 6) is -1.02. The van der Waals surface area contributed by atoms with E-state index in [-0.39, 0.29) is 12.6 Å². The Labute approximate surface area is 120 Å². The van der Waals surface area contributed by atoms with E-state index in [1.807, 2.05) is 6.92 Å². The van der Waals surface area contributed by atoms with Gasteiger partial charge in [0.15, 0.2) is 0 Å². The number of likely N-dealkylation sites (tertiary alicyclic amines) is 1. The van der Waals surface area contributed by atoms with Crippen molar-refractivity contribution in [3.63, 3.8) is 0 Å². The third-order valence-corrected chi connectivity index (χ3v) is 3.50. The first-order valence-electron chi connectivity index (χ1n) is 7.48. The van der Waals surface area contributed by atoms with Crippen LogP contribution in [0, 0.1) is 0 Å². The van der Waals surface area contributed by atoms with Crippen LogP contribution in [0.2, 0.25) is 0 Å². The number of piperidine rings is 1. The van der Waals surface area contributed by atoms with Crippen molar-refractivity contribution in [3.05, 3.63) is 0 Å². The van der Waals surface area contributed by atoms with Crippen LogP contribution in [0.3, 0.4) is 0 Å². The van der Waals surface area contributed by atoms with Gasteiger partial charge in [-0.1, -0.05) is 0 Å². The molecule has 1 aliphatic rings. The van der Waals surface area contributed by atoms with Crippen LogP contribution in [0.25, 0.3) is 0 Å². The first-order chi connectivity index (χ1) is 9.70. The van der Waals surface area contributed by atoms with Crippen LogP contribution in [0.4, 0.5) is 0 Å². The smallest absolute Gasteiger partial charge is 0.312 e. The first kappa shape index (κ1) is 16.9. The van der Waals surface area contributed by atoms with E-state index in [1.54, 1.807) is 4.90 Å². The molecule has 2 N–H and O–H groups in total. The van der Waals surface area contributed by atoms with Gasteiger partial charge in [-0.05, 0) is 39.0 Å². The number of hydrogen-bond donors (Lipinski definition) is 2. The Balaban J connectivity index is 2.35. The van der Waals surface area contributed by atoms with Crippen LogP contribution in [0.5, 0.6) is 0 Å². The quantitative estimate of drug-likeness (QED) is 0.521. The van der Waals surface area contributed by atoms with Crippen molar-refractivity contribution in [1.82, 2.24) is 10.2 Å². The molecule has 0 radical (unpaired) electrons. The van der Waals surface area contributed by atoms with Gasteiger partial charge in [0.05, 0.1) is 0 Å². The summed E-state index contributed by atoms with van der Waals surface area (Å²) >= 11 is 0. The highest BCUT2D eigenvalue weighted by molar-refractivity contribution is 6.35. The van der Waals surface area contributed by atoms with Crippen molar-refractivity contribution < 1.29 is 19.4 Å². The lowest BCUT2D eigenvalue weighted by atomic mass is 9.99. The molecule has 0 aromatic heterocycles. The average molecular weight is 286 g/mol. The summed E-state index contributed by atoms with van der Waals surface area (Å²) in [4.78, 5) is 25.5. The number of carbonyl (C=O) groups is 2. The Hall–Kier alpha value is -1.14. The molecule has 1 aliphatic heterocycles. The third kappa shape index (κ3) is 5.46. The van der Waals surface area contributed by atoms with Gasteiger partial charge in [0.25, 0.3) is 0 Å². The van der Waals surface area contributed by atoms with E-state index < -0.39 is 11.8 Å². The predicted octanol–water partition coefficient (Wildman–Crippen LogP) is 0.293. The average Bonchev–Trinajstić information content (AvgIpc) is 2.47. The fraction of sp³-hybridized carbons (Fsp3) is 0.857. The first-order valence-corrected chi connectivity index (χ1v) is 7.48. The minimum absolute atomic E-state index is 0.00424. The molecule has 2 amide bonds. The molecular weight excluding hydrogens is 260 g/mol. The summed E-state index contributed by atoms with van der Waals surface area (Å²) in [5.41, 5.74) is 0. The monoisotopic (exact) mass is 286 g/mol. The third-order valence-electron chi connectivity index (χ3n) is 3.50. The Morgan fingerprint density at radius 1 is 1.40 bits per heavy atom. The number of nitrogens with one attached hydrogen (secondary N) is 1. The van der Waals surface area contributed by atoms with E-state index in [0.717, 1.165) is 19.3 Å². The fourth-order valence-corrected chi connectivity index (χ4v) is 2.44. The van der Waals surface area contributed by atoms with E-state index in [9.17, 15) is 9.59 Å². The molecule has 1 saturated heterocycles. The summed E-state index contributed by atoms with van der Waals surface area (Å²) in [5, 5.41) is 11.7. The van der Waals surface area contributed by atoms with Crippen LogP contribution in [-0.4, -0.2) is 60.8 Å². The molecule has 0 saturated carbocycles. The predicted molar refractivity (Wildman–Crippen MR) is 75.2 cm³/mol. The molecule has 0 aromatic carbocycles. The zero-order chi connectivity index (χ0) is 14.8. The van der Waals surface area contributed by atoms with Gasteiger partial charge in [-0.15, -0.1) is 0 Å². The van der Waals surface area contributed by atoms with E-state index in [1.165, 1.54) is 0 Å². The van der Waals surface area contributed by atoms with Crippen molar-refractivity contribution >= 4 is 11.8 Å². The van der Waals surface area contributed by atoms with Gasteiger partial charge in [-0.25, -0.2) is 0 Å². The second-order valence-corrected chi connectivity index (χ2v) is 4.97. The Bertz CT molecular complexity index is 308. The van der Waals surface area contributed by atoms with Gasteiger partial charge in [0, 0.05) is 39.0 Å². The summed E-state index contributed by atoms with van der Waals surface area (Å²) in [6.07, 6.45) is 4.08. The molecular formula is C14H26N2O4. The molecule has 1 unspecified atom stereocenters. The van der Waals surface area contributed by atoms with Crippen LogP contribution in [0.1, 0.15) is 39.0 Å². The maximum Gasteiger partial charge on any atom is 0.312 e. The number of rotatable bonds is 7. The lowest BCUT2D eigenvalue weighted by Crippen LogP contribution is -2.50. The van der Waals surface area contributed by atoms with Crippen LogP contribution >= 0.6 is 0 Å². The molecule has 116 valence electrons. The lowest BCUT2D eigenvalue weighted by molar-refractivity contribution is -0.148. The topological polar surface area (TPSA) is 78.9 Å². The lowest BCUT2D eigenvalue weighted by Gasteiger charge is -2.35. The highest BCUT2D eigenvalue weighted by atomic mass is 16.5. The summed E-state index contributed by atoms with van der Waals surface area (Å²) in [6, 6.07) is -0.00424. The van der Waals surface area contributed by atoms with Gasteiger partial charge in [0.2, 0.25) is 0 Å². The molecule has 6 heteroatoms. The van der Waals surface area contributed by atoms with Gasteiger partial charge in [-0.3, -0.25) is 9.59 Å². The zero-order valence-electron chi connectivity index (χ0n) is 12.3. The van der Waals surface area contributed by atoms with Gasteiger partial charge >= 0.3 is 11.8 Å². The molecule has 1 fully saturated rings. The van der Waals surface area contributed by atoms with E-state index >= 15 is 0 Å². The fourth-order valence-electron chi connectivity index (χ4n) is 2.44. The van der Waals surface area contributed by atoms with E-state index in [4.69, 9.17) is 9.84 Å².